The van der Waals surface area contributed by atoms with Gasteiger partial charge in [0.2, 0.25) is 0 Å². The summed E-state index contributed by atoms with van der Waals surface area (Å²) in [7, 11) is -4.50. The molecule has 2 N–H and O–H groups in total. The number of allylic oxidation sites excluding steroid dienone is 4. The predicted octanol–water partition coefficient (Wildman–Crippen LogP) is 12.4. The number of phosphoric ester groups is 1. The molecule has 0 saturated carbocycles. The van der Waals surface area contributed by atoms with Gasteiger partial charge in [0, 0.05) is 12.8 Å². The van der Waals surface area contributed by atoms with Gasteiger partial charge in [-0.3, -0.25) is 18.6 Å². The van der Waals surface area contributed by atoms with Crippen molar-refractivity contribution >= 4 is 19.8 Å². The largest absolute Gasteiger partial charge is 0.472 e. The smallest absolute Gasteiger partial charge is 0.462 e. The Bertz CT molecular complexity index is 939. The molecule has 312 valence electrons. The van der Waals surface area contributed by atoms with Crippen molar-refractivity contribution in [3.63, 3.8) is 0 Å². The fourth-order valence-electron chi connectivity index (χ4n) is 5.81. The van der Waals surface area contributed by atoms with E-state index in [1.165, 1.54) is 89.9 Å². The molecule has 9 nitrogen and oxygen atoms in total. The van der Waals surface area contributed by atoms with Crippen LogP contribution in [0.1, 0.15) is 207 Å². The fourth-order valence-corrected chi connectivity index (χ4v) is 6.60. The first-order valence-electron chi connectivity index (χ1n) is 21.7. The first-order chi connectivity index (χ1) is 25.7. The molecule has 0 aromatic rings. The van der Waals surface area contributed by atoms with E-state index in [1.54, 1.807) is 6.92 Å². The summed E-state index contributed by atoms with van der Waals surface area (Å²) in [6.07, 6.45) is 38.3. The predicted molar refractivity (Wildman–Crippen MR) is 218 cm³/mol. The van der Waals surface area contributed by atoms with Crippen molar-refractivity contribution in [2.45, 2.75) is 219 Å². The maximum atomic E-state index is 12.6. The zero-order valence-electron chi connectivity index (χ0n) is 34.3. The lowest BCUT2D eigenvalue weighted by Gasteiger charge is -2.20. The Hall–Kier alpha value is -1.51. The number of rotatable bonds is 40. The average Bonchev–Trinajstić information content (AvgIpc) is 3.14. The summed E-state index contributed by atoms with van der Waals surface area (Å²) in [6.45, 7) is 5.08. The lowest BCUT2D eigenvalue weighted by Crippen LogP contribution is -2.29. The molecular formula is C43H81O9P. The van der Waals surface area contributed by atoms with Gasteiger partial charge in [-0.1, -0.05) is 148 Å². The molecule has 0 aromatic heterocycles. The van der Waals surface area contributed by atoms with E-state index in [0.717, 1.165) is 64.2 Å². The molecule has 3 atom stereocenters. The van der Waals surface area contributed by atoms with Crippen LogP contribution in [0.2, 0.25) is 0 Å². The van der Waals surface area contributed by atoms with E-state index in [9.17, 15) is 24.2 Å². The Kier molecular flexibility index (Phi) is 37.6. The lowest BCUT2D eigenvalue weighted by molar-refractivity contribution is -0.161. The molecule has 0 aliphatic rings. The van der Waals surface area contributed by atoms with Crippen LogP contribution < -0.4 is 0 Å². The number of carbonyl (C=O) groups excluding carboxylic acids is 2. The number of aliphatic hydroxyl groups is 1. The highest BCUT2D eigenvalue weighted by atomic mass is 31.2. The fraction of sp³-hybridized carbons (Fsp3) is 0.860. The van der Waals surface area contributed by atoms with Crippen molar-refractivity contribution in [2.24, 2.45) is 0 Å². The van der Waals surface area contributed by atoms with Crippen LogP contribution in [0, 0.1) is 0 Å². The SMILES string of the molecule is CCCCCCCC/C=C\CCCCCCCC(=O)OC[C@H](COP(=O)(O)OCC(O)CC)OC(=O)CCCCCCC/C=C\CCCCCCCC. The minimum Gasteiger partial charge on any atom is -0.462 e. The van der Waals surface area contributed by atoms with Crippen molar-refractivity contribution in [3.8, 4) is 0 Å². The minimum absolute atomic E-state index is 0.202. The van der Waals surface area contributed by atoms with E-state index >= 15 is 0 Å². The van der Waals surface area contributed by atoms with E-state index in [1.807, 2.05) is 0 Å². The highest BCUT2D eigenvalue weighted by molar-refractivity contribution is 7.47. The number of esters is 2. The Labute approximate surface area is 325 Å². The molecule has 0 spiro atoms. The van der Waals surface area contributed by atoms with Crippen LogP contribution in [-0.2, 0) is 32.7 Å². The van der Waals surface area contributed by atoms with Crippen molar-refractivity contribution in [3.05, 3.63) is 24.3 Å². The number of phosphoric acid groups is 1. The Morgan fingerprint density at radius 2 is 0.906 bits per heavy atom. The van der Waals surface area contributed by atoms with Crippen LogP contribution >= 0.6 is 7.82 Å². The third-order valence-corrected chi connectivity index (χ3v) is 10.3. The molecule has 0 amide bonds. The van der Waals surface area contributed by atoms with Gasteiger partial charge in [-0.05, 0) is 70.6 Å². The van der Waals surface area contributed by atoms with Gasteiger partial charge in [0.05, 0.1) is 19.3 Å². The van der Waals surface area contributed by atoms with E-state index in [4.69, 9.17) is 18.5 Å². The molecule has 10 heteroatoms. The Morgan fingerprint density at radius 1 is 0.528 bits per heavy atom. The van der Waals surface area contributed by atoms with E-state index in [-0.39, 0.29) is 26.1 Å². The maximum absolute atomic E-state index is 12.6. The maximum Gasteiger partial charge on any atom is 0.472 e. The summed E-state index contributed by atoms with van der Waals surface area (Å²) in [6, 6.07) is 0. The molecule has 0 aromatic carbocycles. The summed E-state index contributed by atoms with van der Waals surface area (Å²) >= 11 is 0. The second kappa shape index (κ2) is 38.8. The van der Waals surface area contributed by atoms with Crippen LogP contribution in [0.4, 0.5) is 0 Å². The molecule has 0 heterocycles. The zero-order valence-corrected chi connectivity index (χ0v) is 35.2. The molecule has 0 rings (SSSR count). The second-order valence-electron chi connectivity index (χ2n) is 14.6. The Morgan fingerprint density at radius 3 is 1.34 bits per heavy atom. The molecule has 2 unspecified atom stereocenters. The van der Waals surface area contributed by atoms with Gasteiger partial charge in [-0.25, -0.2) is 4.57 Å². The topological polar surface area (TPSA) is 129 Å². The number of unbranched alkanes of at least 4 members (excludes halogenated alkanes) is 22. The van der Waals surface area contributed by atoms with E-state index in [0.29, 0.717) is 19.3 Å². The number of aliphatic hydroxyl groups excluding tert-OH is 1. The van der Waals surface area contributed by atoms with Gasteiger partial charge >= 0.3 is 19.8 Å². The van der Waals surface area contributed by atoms with Crippen LogP contribution in [0.3, 0.4) is 0 Å². The standard InChI is InChI=1S/C43H81O9P/c1-4-7-9-11-13-15-17-19-21-23-25-27-29-31-33-35-42(45)49-38-41(39-51-53(47,48)50-37-40(44)6-3)52-43(46)36-34-32-30-28-26-24-22-20-18-16-14-12-10-8-5-2/h19-22,40-41,44H,4-18,23-39H2,1-3H3,(H,47,48)/b21-19-,22-20-/t40?,41-/m1/s1. The van der Waals surface area contributed by atoms with Crippen molar-refractivity contribution in [1.82, 2.24) is 0 Å². The molecule has 0 aliphatic heterocycles. The minimum atomic E-state index is -4.50. The summed E-state index contributed by atoms with van der Waals surface area (Å²) in [5, 5.41) is 9.65. The molecule has 0 bridgehead atoms. The monoisotopic (exact) mass is 773 g/mol. The molecule has 0 saturated heterocycles. The molecular weight excluding hydrogens is 691 g/mol. The molecule has 0 aliphatic carbocycles. The summed E-state index contributed by atoms with van der Waals surface area (Å²) in [5.74, 6) is -0.880. The van der Waals surface area contributed by atoms with Gasteiger partial charge < -0.3 is 19.5 Å². The van der Waals surface area contributed by atoms with Gasteiger partial charge in [-0.15, -0.1) is 0 Å². The van der Waals surface area contributed by atoms with Crippen molar-refractivity contribution in [1.29, 1.82) is 0 Å². The van der Waals surface area contributed by atoms with E-state index in [2.05, 4.69) is 38.2 Å². The van der Waals surface area contributed by atoms with Gasteiger partial charge in [0.1, 0.15) is 6.61 Å². The zero-order chi connectivity index (χ0) is 39.1. The highest BCUT2D eigenvalue weighted by Gasteiger charge is 2.27. The number of ether oxygens (including phenoxy) is 2. The van der Waals surface area contributed by atoms with Crippen molar-refractivity contribution in [2.75, 3.05) is 19.8 Å². The number of carbonyl (C=O) groups is 2. The highest BCUT2D eigenvalue weighted by Crippen LogP contribution is 2.43. The lowest BCUT2D eigenvalue weighted by atomic mass is 10.1. The molecule has 0 radical (unpaired) electrons. The van der Waals surface area contributed by atoms with Crippen molar-refractivity contribution < 1.29 is 42.7 Å². The average molecular weight is 773 g/mol. The summed E-state index contributed by atoms with van der Waals surface area (Å²) in [4.78, 5) is 35.1. The first-order valence-corrected chi connectivity index (χ1v) is 23.2. The molecule has 53 heavy (non-hydrogen) atoms. The van der Waals surface area contributed by atoms with Gasteiger partial charge in [-0.2, -0.15) is 0 Å². The first kappa shape index (κ1) is 51.5. The van der Waals surface area contributed by atoms with Gasteiger partial charge in [0.15, 0.2) is 6.10 Å². The van der Waals surface area contributed by atoms with Crippen LogP contribution in [-0.4, -0.2) is 54.0 Å². The number of hydrogen-bond acceptors (Lipinski definition) is 8. The summed E-state index contributed by atoms with van der Waals surface area (Å²) < 4.78 is 33.1. The third kappa shape index (κ3) is 38.6. The summed E-state index contributed by atoms with van der Waals surface area (Å²) in [5.41, 5.74) is 0. The van der Waals surface area contributed by atoms with Gasteiger partial charge in [0.25, 0.3) is 0 Å². The third-order valence-electron chi connectivity index (χ3n) is 9.34. The normalized spacial score (nSPS) is 14.1. The van der Waals surface area contributed by atoms with Crippen LogP contribution in [0.25, 0.3) is 0 Å². The Balaban J connectivity index is 4.33. The van der Waals surface area contributed by atoms with Crippen LogP contribution in [0.15, 0.2) is 24.3 Å². The van der Waals surface area contributed by atoms with Crippen LogP contribution in [0.5, 0.6) is 0 Å². The quantitative estimate of drug-likeness (QED) is 0.0271. The second-order valence-corrected chi connectivity index (χ2v) is 16.0. The number of hydrogen-bond donors (Lipinski definition) is 2. The van der Waals surface area contributed by atoms with E-state index < -0.39 is 38.6 Å². The molecule has 0 fully saturated rings.